The van der Waals surface area contributed by atoms with Crippen LogP contribution in [0.3, 0.4) is 0 Å². The van der Waals surface area contributed by atoms with E-state index in [4.69, 9.17) is 19.2 Å². The lowest BCUT2D eigenvalue weighted by molar-refractivity contribution is 0.00990. The zero-order valence-electron chi connectivity index (χ0n) is 18.3. The Morgan fingerprint density at radius 1 is 1.17 bits per heavy atom. The molecule has 1 aliphatic carbocycles. The van der Waals surface area contributed by atoms with Gasteiger partial charge in [-0.05, 0) is 45.1 Å². The Morgan fingerprint density at radius 3 is 2.59 bits per heavy atom. The smallest absolute Gasteiger partial charge is 0.193 e. The first-order valence-corrected chi connectivity index (χ1v) is 11.0. The molecule has 0 bridgehead atoms. The molecule has 1 aromatic rings. The van der Waals surface area contributed by atoms with Crippen LogP contribution in [0.4, 0.5) is 0 Å². The number of rotatable bonds is 10. The van der Waals surface area contributed by atoms with Crippen molar-refractivity contribution in [1.29, 1.82) is 0 Å². The lowest BCUT2D eigenvalue weighted by atomic mass is 9.95. The van der Waals surface area contributed by atoms with Crippen molar-refractivity contribution >= 4 is 5.96 Å². The average Bonchev–Trinajstić information content (AvgIpc) is 3.56. The Labute approximate surface area is 175 Å². The van der Waals surface area contributed by atoms with Gasteiger partial charge in [0.1, 0.15) is 5.75 Å². The summed E-state index contributed by atoms with van der Waals surface area (Å²) in [4.78, 5) is 7.44. The van der Waals surface area contributed by atoms with Crippen LogP contribution in [-0.4, -0.2) is 70.6 Å². The molecule has 1 N–H and O–H groups in total. The molecule has 0 amide bonds. The summed E-state index contributed by atoms with van der Waals surface area (Å²) in [6.07, 6.45) is 5.77. The van der Waals surface area contributed by atoms with Gasteiger partial charge >= 0.3 is 0 Å². The Bertz CT molecular complexity index is 653. The zero-order valence-corrected chi connectivity index (χ0v) is 18.3. The topological polar surface area (TPSA) is 55.3 Å². The molecule has 6 heteroatoms. The molecule has 6 nitrogen and oxygen atoms in total. The van der Waals surface area contributed by atoms with Gasteiger partial charge in [-0.1, -0.05) is 18.2 Å². The van der Waals surface area contributed by atoms with Crippen molar-refractivity contribution in [3.8, 4) is 5.75 Å². The highest BCUT2D eigenvalue weighted by Gasteiger charge is 2.46. The predicted octanol–water partition coefficient (Wildman–Crippen LogP) is 3.21. The van der Waals surface area contributed by atoms with E-state index >= 15 is 0 Å². The molecule has 3 rings (SSSR count). The fraction of sp³-hybridized carbons (Fsp3) is 0.696. The lowest BCUT2D eigenvalue weighted by Gasteiger charge is -2.34. The van der Waals surface area contributed by atoms with Crippen molar-refractivity contribution in [2.45, 2.75) is 50.5 Å². The van der Waals surface area contributed by atoms with Gasteiger partial charge in [-0.3, -0.25) is 4.99 Å². The number of piperidine rings is 1. The average molecular weight is 404 g/mol. The SMILES string of the molecule is CCNC(=NCC1(c2ccccc2OC)CC1)N1CCC(OCCCOC)CC1. The highest BCUT2D eigenvalue weighted by Crippen LogP contribution is 2.51. The molecular weight excluding hydrogens is 366 g/mol. The van der Waals surface area contributed by atoms with Gasteiger partial charge in [-0.25, -0.2) is 0 Å². The van der Waals surface area contributed by atoms with E-state index in [1.54, 1.807) is 14.2 Å². The van der Waals surface area contributed by atoms with E-state index in [1.807, 2.05) is 6.07 Å². The second-order valence-corrected chi connectivity index (χ2v) is 8.05. The van der Waals surface area contributed by atoms with Crippen molar-refractivity contribution in [3.63, 3.8) is 0 Å². The van der Waals surface area contributed by atoms with Crippen LogP contribution < -0.4 is 10.1 Å². The minimum absolute atomic E-state index is 0.135. The quantitative estimate of drug-likeness (QED) is 0.369. The van der Waals surface area contributed by atoms with Crippen LogP contribution in [0.25, 0.3) is 0 Å². The minimum atomic E-state index is 0.135. The largest absolute Gasteiger partial charge is 0.496 e. The fourth-order valence-corrected chi connectivity index (χ4v) is 4.09. The van der Waals surface area contributed by atoms with Gasteiger partial charge in [0, 0.05) is 50.9 Å². The molecule has 1 heterocycles. The van der Waals surface area contributed by atoms with Gasteiger partial charge in [0.2, 0.25) is 0 Å². The number of nitrogens with one attached hydrogen (secondary N) is 1. The summed E-state index contributed by atoms with van der Waals surface area (Å²) >= 11 is 0. The van der Waals surface area contributed by atoms with E-state index in [9.17, 15) is 0 Å². The van der Waals surface area contributed by atoms with Gasteiger partial charge < -0.3 is 24.4 Å². The van der Waals surface area contributed by atoms with Gasteiger partial charge in [0.25, 0.3) is 0 Å². The number of ether oxygens (including phenoxy) is 3. The van der Waals surface area contributed by atoms with E-state index in [-0.39, 0.29) is 5.41 Å². The minimum Gasteiger partial charge on any atom is -0.496 e. The third-order valence-corrected chi connectivity index (χ3v) is 5.99. The van der Waals surface area contributed by atoms with E-state index in [1.165, 1.54) is 18.4 Å². The number of hydrogen-bond acceptors (Lipinski definition) is 4. The molecule has 1 aliphatic heterocycles. The van der Waals surface area contributed by atoms with Crippen LogP contribution >= 0.6 is 0 Å². The number of benzene rings is 1. The molecule has 2 fully saturated rings. The zero-order chi connectivity index (χ0) is 20.5. The highest BCUT2D eigenvalue weighted by atomic mass is 16.5. The predicted molar refractivity (Wildman–Crippen MR) is 117 cm³/mol. The molecule has 0 atom stereocenters. The summed E-state index contributed by atoms with van der Waals surface area (Å²) in [5, 5.41) is 3.49. The van der Waals surface area contributed by atoms with Crippen molar-refractivity contribution < 1.29 is 14.2 Å². The second-order valence-electron chi connectivity index (χ2n) is 8.05. The molecule has 1 saturated carbocycles. The standard InChI is InChI=1S/C23H37N3O3/c1-4-24-22(26-14-10-19(11-15-26)29-17-7-16-27-2)25-18-23(12-13-23)20-8-5-6-9-21(20)28-3/h5-6,8-9,19H,4,7,10-18H2,1-3H3,(H,24,25). The first-order chi connectivity index (χ1) is 14.2. The third-order valence-electron chi connectivity index (χ3n) is 5.99. The second kappa shape index (κ2) is 10.8. The molecule has 2 aliphatic rings. The molecule has 0 radical (unpaired) electrons. The Kier molecular flexibility index (Phi) is 8.19. The van der Waals surface area contributed by atoms with Gasteiger partial charge in [-0.2, -0.15) is 0 Å². The van der Waals surface area contributed by atoms with Gasteiger partial charge in [0.05, 0.1) is 19.8 Å². The van der Waals surface area contributed by atoms with Crippen LogP contribution in [0, 0.1) is 0 Å². The van der Waals surface area contributed by atoms with Crippen LogP contribution in [0.15, 0.2) is 29.3 Å². The summed E-state index contributed by atoms with van der Waals surface area (Å²) < 4.78 is 16.7. The van der Waals surface area contributed by atoms with E-state index in [0.29, 0.717) is 6.10 Å². The molecule has 29 heavy (non-hydrogen) atoms. The van der Waals surface area contributed by atoms with Crippen LogP contribution in [0.2, 0.25) is 0 Å². The maximum absolute atomic E-state index is 6.00. The van der Waals surface area contributed by atoms with Crippen molar-refractivity contribution in [2.75, 3.05) is 53.6 Å². The van der Waals surface area contributed by atoms with Crippen molar-refractivity contribution in [1.82, 2.24) is 10.2 Å². The molecule has 1 saturated heterocycles. The number of nitrogens with zero attached hydrogens (tertiary/aromatic N) is 2. The van der Waals surface area contributed by atoms with E-state index in [2.05, 4.69) is 35.3 Å². The van der Waals surface area contributed by atoms with Gasteiger partial charge in [-0.15, -0.1) is 0 Å². The maximum Gasteiger partial charge on any atom is 0.193 e. The first kappa shape index (κ1) is 21.9. The van der Waals surface area contributed by atoms with E-state index < -0.39 is 0 Å². The molecule has 162 valence electrons. The summed E-state index contributed by atoms with van der Waals surface area (Å²) in [5.41, 5.74) is 1.43. The summed E-state index contributed by atoms with van der Waals surface area (Å²) in [6, 6.07) is 8.39. The van der Waals surface area contributed by atoms with Crippen molar-refractivity contribution in [2.24, 2.45) is 4.99 Å². The fourth-order valence-electron chi connectivity index (χ4n) is 4.09. The van der Waals surface area contributed by atoms with Crippen molar-refractivity contribution in [3.05, 3.63) is 29.8 Å². The first-order valence-electron chi connectivity index (χ1n) is 11.0. The van der Waals surface area contributed by atoms with Crippen LogP contribution in [0.5, 0.6) is 5.75 Å². The molecule has 0 spiro atoms. The summed E-state index contributed by atoms with van der Waals surface area (Å²) in [7, 11) is 3.49. The lowest BCUT2D eigenvalue weighted by Crippen LogP contribution is -2.47. The summed E-state index contributed by atoms with van der Waals surface area (Å²) in [5.74, 6) is 2.02. The number of aliphatic imine (C=N–C) groups is 1. The molecule has 0 unspecified atom stereocenters. The molecular formula is C23H37N3O3. The number of methoxy groups -OCH3 is 2. The highest BCUT2D eigenvalue weighted by molar-refractivity contribution is 5.80. The van der Waals surface area contributed by atoms with Gasteiger partial charge in [0.15, 0.2) is 5.96 Å². The Balaban J connectivity index is 1.57. The normalized spacial score (nSPS) is 19.3. The maximum atomic E-state index is 6.00. The van der Waals surface area contributed by atoms with Crippen LogP contribution in [0.1, 0.15) is 44.6 Å². The number of hydrogen-bond donors (Lipinski definition) is 1. The number of guanidine groups is 1. The Morgan fingerprint density at radius 2 is 1.93 bits per heavy atom. The Hall–Kier alpha value is -1.79. The van der Waals surface area contributed by atoms with Crippen LogP contribution in [-0.2, 0) is 14.9 Å². The molecule has 0 aromatic heterocycles. The van der Waals surface area contributed by atoms with E-state index in [0.717, 1.165) is 70.4 Å². The number of likely N-dealkylation sites (tertiary alicyclic amines) is 1. The third kappa shape index (κ3) is 5.86. The number of para-hydroxylation sites is 1. The monoisotopic (exact) mass is 403 g/mol. The molecule has 1 aromatic carbocycles. The summed E-state index contributed by atoms with van der Waals surface area (Å²) in [6.45, 7) is 7.36.